The molecule has 3 nitrogen and oxygen atoms in total. The molecule has 5 aromatic rings. The number of carbonyl (C=O) groups excluding carboxylic acids is 1. The number of ketones is 1. The number of para-hydroxylation sites is 1. The van der Waals surface area contributed by atoms with E-state index >= 15 is 0 Å². The quantitative estimate of drug-likeness (QED) is 0.234. The van der Waals surface area contributed by atoms with Crippen LogP contribution in [0.5, 0.6) is 0 Å². The monoisotopic (exact) mass is 518 g/mol. The molecule has 0 saturated carbocycles. The van der Waals surface area contributed by atoms with Crippen LogP contribution in [0.25, 0.3) is 38.4 Å². The second-order valence-corrected chi connectivity index (χ2v) is 10.8. The number of rotatable bonds is 2. The maximum Gasteiger partial charge on any atom is 0.168 e. The lowest BCUT2D eigenvalue weighted by Gasteiger charge is -2.24. The van der Waals surface area contributed by atoms with Gasteiger partial charge in [0.15, 0.2) is 5.78 Å². The Balaban J connectivity index is 0.000000201. The van der Waals surface area contributed by atoms with Gasteiger partial charge in [0.25, 0.3) is 0 Å². The lowest BCUT2D eigenvalue weighted by molar-refractivity contribution is 0.0992. The van der Waals surface area contributed by atoms with E-state index in [0.29, 0.717) is 17.9 Å². The van der Waals surface area contributed by atoms with E-state index in [1.165, 1.54) is 27.8 Å². The lowest BCUT2D eigenvalue weighted by Crippen LogP contribution is -2.13. The van der Waals surface area contributed by atoms with Crippen LogP contribution in [0.4, 0.5) is 0 Å². The summed E-state index contributed by atoms with van der Waals surface area (Å²) in [4.78, 5) is 17.1. The zero-order chi connectivity index (χ0) is 27.6. The van der Waals surface area contributed by atoms with Crippen LogP contribution < -0.4 is 0 Å². The molecule has 0 unspecified atom stereocenters. The van der Waals surface area contributed by atoms with Crippen LogP contribution >= 0.6 is 0 Å². The molecule has 3 heteroatoms. The summed E-state index contributed by atoms with van der Waals surface area (Å²) in [6.07, 6.45) is 8.66. The molecule has 0 atom stereocenters. The van der Waals surface area contributed by atoms with E-state index in [1.54, 1.807) is 6.20 Å². The van der Waals surface area contributed by atoms with Gasteiger partial charge in [-0.3, -0.25) is 9.78 Å². The zero-order valence-corrected chi connectivity index (χ0v) is 22.8. The molecule has 4 aromatic carbocycles. The molecule has 2 aliphatic rings. The number of allylic oxidation sites excluding steroid dienone is 4. The normalized spacial score (nSPS) is 14.0. The molecule has 0 amide bonds. The fourth-order valence-electron chi connectivity index (χ4n) is 5.68. The summed E-state index contributed by atoms with van der Waals surface area (Å²) in [6.45, 7) is 4.43. The number of pyridine rings is 1. The van der Waals surface area contributed by atoms with Gasteiger partial charge in [-0.15, -0.1) is 0 Å². The summed E-state index contributed by atoms with van der Waals surface area (Å²) in [5.74, 6) is 0.805. The molecule has 0 aliphatic heterocycles. The highest BCUT2D eigenvalue weighted by molar-refractivity contribution is 6.16. The van der Waals surface area contributed by atoms with Gasteiger partial charge in [0.1, 0.15) is 6.07 Å². The average Bonchev–Trinajstić information content (AvgIpc) is 3.00. The van der Waals surface area contributed by atoms with Gasteiger partial charge in [0, 0.05) is 23.6 Å². The second-order valence-electron chi connectivity index (χ2n) is 10.8. The van der Waals surface area contributed by atoms with E-state index in [9.17, 15) is 4.79 Å². The van der Waals surface area contributed by atoms with E-state index in [0.717, 1.165) is 45.6 Å². The summed E-state index contributed by atoms with van der Waals surface area (Å²) >= 11 is 0. The molecule has 194 valence electrons. The topological polar surface area (TPSA) is 53.8 Å². The third kappa shape index (κ3) is 4.85. The van der Waals surface area contributed by atoms with Gasteiger partial charge < -0.3 is 0 Å². The number of hydrogen-bond acceptors (Lipinski definition) is 3. The summed E-state index contributed by atoms with van der Waals surface area (Å²) in [7, 11) is 0. The highest BCUT2D eigenvalue weighted by atomic mass is 16.1. The van der Waals surface area contributed by atoms with Gasteiger partial charge in [0.05, 0.1) is 11.1 Å². The largest absolute Gasteiger partial charge is 0.294 e. The molecule has 2 aliphatic carbocycles. The number of nitriles is 1. The minimum absolute atomic E-state index is 0.267. The molecule has 7 rings (SSSR count). The van der Waals surface area contributed by atoms with Crippen molar-refractivity contribution >= 4 is 33.0 Å². The van der Waals surface area contributed by atoms with Crippen LogP contribution in [0.2, 0.25) is 0 Å². The number of nitrogens with zero attached hydrogens (tertiary/aromatic N) is 2. The smallest absolute Gasteiger partial charge is 0.168 e. The van der Waals surface area contributed by atoms with Gasteiger partial charge in [-0.2, -0.15) is 5.26 Å². The SMILES string of the molecule is CC(C)c1ccc(-c2ccc3c4c(ccc3c2)C2=C(CCC=C2)CC4=O)cc1.N#Cc1cnc2ccccc2c1. The van der Waals surface area contributed by atoms with Crippen molar-refractivity contribution in [2.45, 2.75) is 39.0 Å². The predicted molar refractivity (Wildman–Crippen MR) is 164 cm³/mol. The van der Waals surface area contributed by atoms with Crippen molar-refractivity contribution in [1.29, 1.82) is 5.26 Å². The molecule has 0 radical (unpaired) electrons. The van der Waals surface area contributed by atoms with Crippen molar-refractivity contribution in [2.75, 3.05) is 0 Å². The van der Waals surface area contributed by atoms with E-state index in [4.69, 9.17) is 5.26 Å². The minimum atomic E-state index is 0.267. The number of fused-ring (bicyclic) bond motifs is 5. The second kappa shape index (κ2) is 10.8. The molecule has 0 fully saturated rings. The van der Waals surface area contributed by atoms with Gasteiger partial charge in [-0.05, 0) is 75.6 Å². The van der Waals surface area contributed by atoms with Gasteiger partial charge in [-0.25, -0.2) is 0 Å². The zero-order valence-electron chi connectivity index (χ0n) is 22.8. The Morgan fingerprint density at radius 3 is 2.48 bits per heavy atom. The number of Topliss-reactive ketones (excluding diaryl/α,β-unsaturated/α-hetero) is 1. The van der Waals surface area contributed by atoms with Gasteiger partial charge >= 0.3 is 0 Å². The summed E-state index contributed by atoms with van der Waals surface area (Å²) < 4.78 is 0. The van der Waals surface area contributed by atoms with E-state index < -0.39 is 0 Å². The predicted octanol–water partition coefficient (Wildman–Crippen LogP) is 9.43. The Morgan fingerprint density at radius 2 is 1.68 bits per heavy atom. The fraction of sp³-hybridized carbons (Fsp3) is 0.162. The third-order valence-electron chi connectivity index (χ3n) is 7.87. The first-order chi connectivity index (χ1) is 19.5. The third-order valence-corrected chi connectivity index (χ3v) is 7.87. The van der Waals surface area contributed by atoms with Crippen molar-refractivity contribution in [3.05, 3.63) is 131 Å². The van der Waals surface area contributed by atoms with Crippen molar-refractivity contribution in [1.82, 2.24) is 4.98 Å². The van der Waals surface area contributed by atoms with Crippen LogP contribution in [0, 0.1) is 11.3 Å². The standard InChI is InChI=1S/C27H24O.C10H6N2/c1-17(2)18-7-9-19(10-8-18)20-11-13-24-22(15-20)12-14-25-23-6-4-3-5-21(23)16-26(28)27(24)25;11-6-8-5-9-3-1-2-4-10(9)12-7-8/h4,6-15,17H,3,5,16H2,1-2H3;1-5,7H. The van der Waals surface area contributed by atoms with Crippen molar-refractivity contribution in [2.24, 2.45) is 0 Å². The fourth-order valence-corrected chi connectivity index (χ4v) is 5.68. The van der Waals surface area contributed by atoms with E-state index in [-0.39, 0.29) is 5.78 Å². The molecular weight excluding hydrogens is 488 g/mol. The Hall–Kier alpha value is -4.81. The number of hydrogen-bond donors (Lipinski definition) is 0. The van der Waals surface area contributed by atoms with Crippen LogP contribution in [-0.2, 0) is 0 Å². The molecule has 40 heavy (non-hydrogen) atoms. The van der Waals surface area contributed by atoms with Gasteiger partial charge in [0.2, 0.25) is 0 Å². The number of aromatic nitrogens is 1. The summed E-state index contributed by atoms with van der Waals surface area (Å²) in [5, 5.41) is 11.8. The molecule has 0 spiro atoms. The van der Waals surface area contributed by atoms with E-state index in [1.807, 2.05) is 30.3 Å². The van der Waals surface area contributed by atoms with Crippen LogP contribution in [0.1, 0.15) is 66.1 Å². The molecule has 0 N–H and O–H groups in total. The van der Waals surface area contributed by atoms with Crippen molar-refractivity contribution < 1.29 is 4.79 Å². The maximum atomic E-state index is 13.0. The molecule has 1 heterocycles. The Bertz CT molecular complexity index is 1870. The average molecular weight is 519 g/mol. The molecule has 0 bridgehead atoms. The number of carbonyl (C=O) groups is 1. The van der Waals surface area contributed by atoms with Crippen LogP contribution in [0.15, 0.2) is 109 Å². The highest BCUT2D eigenvalue weighted by Crippen LogP contribution is 2.40. The number of benzene rings is 4. The first-order valence-corrected chi connectivity index (χ1v) is 13.9. The lowest BCUT2D eigenvalue weighted by atomic mass is 9.79. The molecule has 0 saturated heterocycles. The first kappa shape index (κ1) is 25.5. The van der Waals surface area contributed by atoms with Crippen LogP contribution in [0.3, 0.4) is 0 Å². The Labute approximate surface area is 235 Å². The highest BCUT2D eigenvalue weighted by Gasteiger charge is 2.26. The molecule has 1 aromatic heterocycles. The molecular formula is C37H30N2O. The van der Waals surface area contributed by atoms with E-state index in [2.05, 4.69) is 91.7 Å². The van der Waals surface area contributed by atoms with Crippen LogP contribution in [-0.4, -0.2) is 10.8 Å². The minimum Gasteiger partial charge on any atom is -0.294 e. The van der Waals surface area contributed by atoms with Crippen molar-refractivity contribution in [3.63, 3.8) is 0 Å². The maximum absolute atomic E-state index is 13.0. The first-order valence-electron chi connectivity index (χ1n) is 13.9. The summed E-state index contributed by atoms with van der Waals surface area (Å²) in [5.41, 5.74) is 9.91. The Kier molecular flexibility index (Phi) is 6.84. The Morgan fingerprint density at radius 1 is 0.875 bits per heavy atom. The van der Waals surface area contributed by atoms with Gasteiger partial charge in [-0.1, -0.05) is 98.3 Å². The summed E-state index contributed by atoms with van der Waals surface area (Å²) in [6, 6.07) is 31.3. The van der Waals surface area contributed by atoms with Crippen molar-refractivity contribution in [3.8, 4) is 17.2 Å².